The van der Waals surface area contributed by atoms with E-state index in [4.69, 9.17) is 4.74 Å². The molecule has 0 spiro atoms. The molecule has 2 heterocycles. The van der Waals surface area contributed by atoms with E-state index in [1.165, 1.54) is 5.57 Å². The molecule has 3 rings (SSSR count). The highest BCUT2D eigenvalue weighted by atomic mass is 16.6. The third-order valence-electron chi connectivity index (χ3n) is 4.24. The van der Waals surface area contributed by atoms with Crippen LogP contribution in [0.25, 0.3) is 0 Å². The van der Waals surface area contributed by atoms with Crippen molar-refractivity contribution < 1.29 is 19.1 Å². The monoisotopic (exact) mass is 236 g/mol. The van der Waals surface area contributed by atoms with Crippen molar-refractivity contribution in [1.29, 1.82) is 0 Å². The fourth-order valence-corrected chi connectivity index (χ4v) is 3.30. The summed E-state index contributed by atoms with van der Waals surface area (Å²) in [7, 11) is 0. The maximum atomic E-state index is 11.6. The van der Waals surface area contributed by atoms with Gasteiger partial charge < -0.3 is 9.47 Å². The van der Waals surface area contributed by atoms with Gasteiger partial charge in [0.15, 0.2) is 0 Å². The lowest BCUT2D eigenvalue weighted by atomic mass is 9.70. The molecule has 4 unspecified atom stereocenters. The molecule has 0 amide bonds. The number of ether oxygens (including phenoxy) is 2. The molecule has 2 saturated heterocycles. The van der Waals surface area contributed by atoms with Crippen molar-refractivity contribution >= 4 is 11.9 Å². The van der Waals surface area contributed by atoms with Crippen LogP contribution < -0.4 is 0 Å². The van der Waals surface area contributed by atoms with Gasteiger partial charge in [-0.1, -0.05) is 13.0 Å². The molecule has 3 aliphatic rings. The molecule has 0 bridgehead atoms. The van der Waals surface area contributed by atoms with Gasteiger partial charge in [0.1, 0.15) is 0 Å². The van der Waals surface area contributed by atoms with Crippen LogP contribution in [0.3, 0.4) is 0 Å². The Bertz CT molecular complexity index is 398. The van der Waals surface area contributed by atoms with Gasteiger partial charge in [-0.25, -0.2) is 0 Å². The van der Waals surface area contributed by atoms with Crippen LogP contribution in [0.15, 0.2) is 11.6 Å². The van der Waals surface area contributed by atoms with Crippen LogP contribution in [0.2, 0.25) is 0 Å². The molecule has 4 heteroatoms. The quantitative estimate of drug-likeness (QED) is 0.391. The smallest absolute Gasteiger partial charge is 0.317 e. The van der Waals surface area contributed by atoms with Crippen molar-refractivity contribution in [3.8, 4) is 0 Å². The van der Waals surface area contributed by atoms with Gasteiger partial charge in [-0.3, -0.25) is 9.59 Å². The Balaban J connectivity index is 1.81. The zero-order chi connectivity index (χ0) is 12.0. The van der Waals surface area contributed by atoms with E-state index in [0.717, 1.165) is 19.6 Å². The highest BCUT2D eigenvalue weighted by Crippen LogP contribution is 2.42. The first kappa shape index (κ1) is 11.0. The van der Waals surface area contributed by atoms with E-state index in [2.05, 4.69) is 17.7 Å². The van der Waals surface area contributed by atoms with Gasteiger partial charge in [-0.2, -0.15) is 0 Å². The standard InChI is InChI=1S/C13H16O4/c1-7-2-8-5-16-6-9(8)3-10(7)11-4-12(14)17-13(11)15/h2,7,9-11H,3-6H2,1H3. The summed E-state index contributed by atoms with van der Waals surface area (Å²) < 4.78 is 10.1. The van der Waals surface area contributed by atoms with Crippen LogP contribution in [0.1, 0.15) is 19.8 Å². The van der Waals surface area contributed by atoms with Crippen LogP contribution in [0.5, 0.6) is 0 Å². The van der Waals surface area contributed by atoms with Crippen molar-refractivity contribution in [1.82, 2.24) is 0 Å². The van der Waals surface area contributed by atoms with Crippen LogP contribution in [-0.2, 0) is 19.1 Å². The van der Waals surface area contributed by atoms with E-state index in [1.54, 1.807) is 0 Å². The SMILES string of the molecule is CC1C=C2COCC2CC1C1CC(=O)OC1=O. The van der Waals surface area contributed by atoms with Crippen LogP contribution in [0.4, 0.5) is 0 Å². The van der Waals surface area contributed by atoms with Gasteiger partial charge in [0.2, 0.25) is 0 Å². The normalized spacial score (nSPS) is 41.1. The average Bonchev–Trinajstić information content (AvgIpc) is 2.83. The van der Waals surface area contributed by atoms with Crippen LogP contribution in [0, 0.1) is 23.7 Å². The zero-order valence-electron chi connectivity index (χ0n) is 9.85. The van der Waals surface area contributed by atoms with Crippen molar-refractivity contribution in [2.24, 2.45) is 23.7 Å². The molecule has 17 heavy (non-hydrogen) atoms. The van der Waals surface area contributed by atoms with Gasteiger partial charge >= 0.3 is 11.9 Å². The summed E-state index contributed by atoms with van der Waals surface area (Å²) in [5, 5.41) is 0. The van der Waals surface area contributed by atoms with E-state index in [0.29, 0.717) is 11.8 Å². The molecule has 1 aliphatic carbocycles. The molecular weight excluding hydrogens is 220 g/mol. The highest BCUT2D eigenvalue weighted by Gasteiger charge is 2.44. The number of rotatable bonds is 1. The van der Waals surface area contributed by atoms with Gasteiger partial charge in [0, 0.05) is 5.92 Å². The zero-order valence-corrected chi connectivity index (χ0v) is 9.85. The Kier molecular flexibility index (Phi) is 2.54. The van der Waals surface area contributed by atoms with Gasteiger partial charge in [0.25, 0.3) is 0 Å². The number of esters is 2. The molecule has 2 aliphatic heterocycles. The molecule has 0 aromatic rings. The summed E-state index contributed by atoms with van der Waals surface area (Å²) >= 11 is 0. The van der Waals surface area contributed by atoms with Crippen molar-refractivity contribution in [2.45, 2.75) is 19.8 Å². The largest absolute Gasteiger partial charge is 0.393 e. The Morgan fingerprint density at radius 1 is 1.35 bits per heavy atom. The Hall–Kier alpha value is -1.16. The predicted molar refractivity (Wildman–Crippen MR) is 58.9 cm³/mol. The number of cyclic esters (lactones) is 2. The summed E-state index contributed by atoms with van der Waals surface area (Å²) in [6.07, 6.45) is 3.42. The molecule has 0 aromatic carbocycles. The van der Waals surface area contributed by atoms with Gasteiger partial charge in [-0.05, 0) is 23.8 Å². The molecule has 92 valence electrons. The van der Waals surface area contributed by atoms with E-state index >= 15 is 0 Å². The second-order valence-electron chi connectivity index (χ2n) is 5.32. The minimum Gasteiger partial charge on any atom is -0.393 e. The second-order valence-corrected chi connectivity index (χ2v) is 5.32. The van der Waals surface area contributed by atoms with Gasteiger partial charge in [0.05, 0.1) is 25.6 Å². The number of hydrogen-bond acceptors (Lipinski definition) is 4. The average molecular weight is 236 g/mol. The number of allylic oxidation sites excluding steroid dienone is 1. The summed E-state index contributed by atoms with van der Waals surface area (Å²) in [6, 6.07) is 0. The first-order valence-electron chi connectivity index (χ1n) is 6.18. The lowest BCUT2D eigenvalue weighted by Gasteiger charge is -2.32. The minimum atomic E-state index is -0.371. The van der Waals surface area contributed by atoms with Crippen LogP contribution in [-0.4, -0.2) is 25.2 Å². The lowest BCUT2D eigenvalue weighted by Crippen LogP contribution is -2.30. The van der Waals surface area contributed by atoms with Crippen molar-refractivity contribution in [3.63, 3.8) is 0 Å². The predicted octanol–water partition coefficient (Wildman–Crippen LogP) is 1.30. The third kappa shape index (κ3) is 1.80. The van der Waals surface area contributed by atoms with Crippen LogP contribution >= 0.6 is 0 Å². The fourth-order valence-electron chi connectivity index (χ4n) is 3.30. The van der Waals surface area contributed by atoms with Crippen molar-refractivity contribution in [2.75, 3.05) is 13.2 Å². The minimum absolute atomic E-state index is 0.226. The van der Waals surface area contributed by atoms with Gasteiger partial charge in [-0.15, -0.1) is 0 Å². The summed E-state index contributed by atoms with van der Waals surface area (Å²) in [6.45, 7) is 3.60. The summed E-state index contributed by atoms with van der Waals surface area (Å²) in [4.78, 5) is 22.8. The molecule has 0 radical (unpaired) electrons. The number of carbonyl (C=O) groups excluding carboxylic acids is 2. The number of carbonyl (C=O) groups is 2. The third-order valence-corrected chi connectivity index (χ3v) is 4.24. The molecule has 0 aromatic heterocycles. The summed E-state index contributed by atoms with van der Waals surface area (Å²) in [5.74, 6) is 0.0543. The Labute approximate surface area is 100.0 Å². The van der Waals surface area contributed by atoms with E-state index in [9.17, 15) is 9.59 Å². The lowest BCUT2D eigenvalue weighted by molar-refractivity contribution is -0.153. The molecular formula is C13H16O4. The van der Waals surface area contributed by atoms with E-state index < -0.39 is 0 Å². The number of fused-ring (bicyclic) bond motifs is 1. The Morgan fingerprint density at radius 2 is 2.18 bits per heavy atom. The molecule has 4 nitrogen and oxygen atoms in total. The highest BCUT2D eigenvalue weighted by molar-refractivity contribution is 5.94. The maximum Gasteiger partial charge on any atom is 0.317 e. The maximum absolute atomic E-state index is 11.6. The molecule has 2 fully saturated rings. The molecule has 0 saturated carbocycles. The van der Waals surface area contributed by atoms with E-state index in [1.807, 2.05) is 0 Å². The second kappa shape index (κ2) is 3.95. The fraction of sp³-hybridized carbons (Fsp3) is 0.692. The Morgan fingerprint density at radius 3 is 2.88 bits per heavy atom. The molecule has 0 N–H and O–H groups in total. The topological polar surface area (TPSA) is 52.6 Å². The number of hydrogen-bond donors (Lipinski definition) is 0. The van der Waals surface area contributed by atoms with Crippen molar-refractivity contribution in [3.05, 3.63) is 11.6 Å². The van der Waals surface area contributed by atoms with E-state index in [-0.39, 0.29) is 30.2 Å². The first-order valence-corrected chi connectivity index (χ1v) is 6.18. The summed E-state index contributed by atoms with van der Waals surface area (Å²) in [5.41, 5.74) is 1.37. The first-order chi connectivity index (χ1) is 8.15. The molecule has 4 atom stereocenters.